The minimum absolute atomic E-state index is 0.186. The summed E-state index contributed by atoms with van der Waals surface area (Å²) in [6, 6.07) is 14.5. The number of aliphatic imine (C=N–C) groups is 1. The molecule has 0 saturated heterocycles. The van der Waals surface area contributed by atoms with E-state index in [0.29, 0.717) is 11.1 Å². The number of hydrogen-bond donors (Lipinski definition) is 2. The molecule has 0 fully saturated rings. The molecule has 0 heterocycles. The van der Waals surface area contributed by atoms with Gasteiger partial charge in [0.25, 0.3) is 5.91 Å². The van der Waals surface area contributed by atoms with E-state index in [9.17, 15) is 4.79 Å². The van der Waals surface area contributed by atoms with Gasteiger partial charge in [0, 0.05) is 35.8 Å². The van der Waals surface area contributed by atoms with Crippen molar-refractivity contribution in [2.24, 2.45) is 10.7 Å². The van der Waals surface area contributed by atoms with E-state index in [-0.39, 0.29) is 11.7 Å². The number of thiol groups is 1. The first-order valence-corrected chi connectivity index (χ1v) is 6.87. The lowest BCUT2D eigenvalue weighted by Gasteiger charge is -2.12. The van der Waals surface area contributed by atoms with Gasteiger partial charge in [0.05, 0.1) is 0 Å². The van der Waals surface area contributed by atoms with Gasteiger partial charge in [-0.25, -0.2) is 0 Å². The van der Waals surface area contributed by atoms with Gasteiger partial charge in [-0.05, 0) is 30.3 Å². The number of carbonyl (C=O) groups is 1. The highest BCUT2D eigenvalue weighted by Crippen LogP contribution is 2.15. The van der Waals surface area contributed by atoms with Crippen molar-refractivity contribution in [3.05, 3.63) is 59.7 Å². The van der Waals surface area contributed by atoms with Crippen LogP contribution in [0.2, 0.25) is 0 Å². The zero-order valence-corrected chi connectivity index (χ0v) is 12.8. The Hall–Kier alpha value is -2.27. The first kappa shape index (κ1) is 15.1. The number of hydrogen-bond acceptors (Lipinski definition) is 3. The van der Waals surface area contributed by atoms with Gasteiger partial charge in [0.2, 0.25) is 0 Å². The third-order valence-corrected chi connectivity index (χ3v) is 3.25. The van der Waals surface area contributed by atoms with E-state index in [2.05, 4.69) is 17.6 Å². The highest BCUT2D eigenvalue weighted by atomic mass is 32.1. The molecule has 0 aliphatic carbocycles. The molecule has 0 unspecified atom stereocenters. The van der Waals surface area contributed by atoms with Crippen LogP contribution in [0.5, 0.6) is 0 Å². The van der Waals surface area contributed by atoms with Crippen molar-refractivity contribution in [2.75, 3.05) is 19.0 Å². The lowest BCUT2D eigenvalue weighted by atomic mass is 10.1. The lowest BCUT2D eigenvalue weighted by Crippen LogP contribution is -2.16. The van der Waals surface area contributed by atoms with Crippen LogP contribution in [-0.2, 0) is 0 Å². The quantitative estimate of drug-likeness (QED) is 0.520. The number of amides is 1. The maximum absolute atomic E-state index is 12.2. The molecule has 2 aromatic carbocycles. The third kappa shape index (κ3) is 3.86. The van der Waals surface area contributed by atoms with Gasteiger partial charge in [0.15, 0.2) is 0 Å². The Balaban J connectivity index is 2.28. The van der Waals surface area contributed by atoms with Gasteiger partial charge in [-0.1, -0.05) is 18.2 Å². The second-order valence-electron chi connectivity index (χ2n) is 4.80. The molecule has 2 N–H and O–H groups in total. The minimum atomic E-state index is -0.360. The molecule has 2 rings (SSSR count). The van der Waals surface area contributed by atoms with E-state index >= 15 is 0 Å². The van der Waals surface area contributed by atoms with E-state index in [1.54, 1.807) is 24.3 Å². The van der Waals surface area contributed by atoms with Crippen molar-refractivity contribution >= 4 is 30.1 Å². The summed E-state index contributed by atoms with van der Waals surface area (Å²) in [7, 11) is 3.83. The fourth-order valence-corrected chi connectivity index (χ4v) is 2.05. The second kappa shape index (κ2) is 6.45. The lowest BCUT2D eigenvalue weighted by molar-refractivity contribution is 0.100. The van der Waals surface area contributed by atoms with Crippen LogP contribution >= 0.6 is 12.6 Å². The third-order valence-electron chi connectivity index (χ3n) is 2.97. The fraction of sp³-hybridized carbons (Fsp3) is 0.125. The summed E-state index contributed by atoms with van der Waals surface area (Å²) < 4.78 is 0. The van der Waals surface area contributed by atoms with Crippen LogP contribution in [0.1, 0.15) is 15.9 Å². The van der Waals surface area contributed by atoms with Gasteiger partial charge in [-0.3, -0.25) is 4.79 Å². The normalized spacial score (nSPS) is 11.3. The molecule has 0 spiro atoms. The molecule has 4 nitrogen and oxygen atoms in total. The Kier molecular flexibility index (Phi) is 4.65. The van der Waals surface area contributed by atoms with E-state index in [4.69, 9.17) is 5.73 Å². The fourth-order valence-electron chi connectivity index (χ4n) is 1.82. The predicted molar refractivity (Wildman–Crippen MR) is 89.5 cm³/mol. The summed E-state index contributed by atoms with van der Waals surface area (Å²) in [5.41, 5.74) is 8.01. The average Bonchev–Trinajstić information content (AvgIpc) is 2.47. The van der Waals surface area contributed by atoms with E-state index in [1.807, 2.05) is 43.3 Å². The van der Waals surface area contributed by atoms with Crippen molar-refractivity contribution in [1.29, 1.82) is 0 Å². The maximum atomic E-state index is 12.2. The molecule has 108 valence electrons. The SMILES string of the molecule is CN(C)c1cccc(C(=O)N=C(N)c2cccc(S)c2)c1. The van der Waals surface area contributed by atoms with E-state index in [1.165, 1.54) is 0 Å². The van der Waals surface area contributed by atoms with Crippen LogP contribution in [0.25, 0.3) is 0 Å². The molecule has 5 heteroatoms. The Labute approximate surface area is 129 Å². The number of carbonyl (C=O) groups excluding carboxylic acids is 1. The maximum Gasteiger partial charge on any atom is 0.279 e. The first-order chi connectivity index (χ1) is 9.97. The molecular weight excluding hydrogens is 282 g/mol. The molecule has 0 atom stereocenters. The molecular formula is C16H17N3OS. The summed E-state index contributed by atoms with van der Waals surface area (Å²) in [5.74, 6) is -0.174. The Morgan fingerprint density at radius 3 is 2.43 bits per heavy atom. The van der Waals surface area contributed by atoms with Gasteiger partial charge in [-0.2, -0.15) is 4.99 Å². The van der Waals surface area contributed by atoms with Crippen molar-refractivity contribution in [1.82, 2.24) is 0 Å². The molecule has 0 bridgehead atoms. The summed E-state index contributed by atoms with van der Waals surface area (Å²) >= 11 is 4.24. The molecule has 1 amide bonds. The van der Waals surface area contributed by atoms with Crippen molar-refractivity contribution in [3.63, 3.8) is 0 Å². The number of anilines is 1. The number of nitrogens with two attached hydrogens (primary N) is 1. The smallest absolute Gasteiger partial charge is 0.279 e. The predicted octanol–water partition coefficient (Wildman–Crippen LogP) is 2.59. The summed E-state index contributed by atoms with van der Waals surface area (Å²) in [6.45, 7) is 0. The highest BCUT2D eigenvalue weighted by Gasteiger charge is 2.08. The molecule has 0 aliphatic rings. The standard InChI is InChI=1S/C16H17N3OS/c1-19(2)13-7-3-6-12(9-13)16(20)18-15(17)11-5-4-8-14(21)10-11/h3-10,21H,1-2H3,(H2,17,18,20). The van der Waals surface area contributed by atoms with Gasteiger partial charge in [0.1, 0.15) is 5.84 Å². The van der Waals surface area contributed by atoms with E-state index in [0.717, 1.165) is 10.6 Å². The van der Waals surface area contributed by atoms with Crippen molar-refractivity contribution in [2.45, 2.75) is 4.90 Å². The monoisotopic (exact) mass is 299 g/mol. The van der Waals surface area contributed by atoms with Gasteiger partial charge < -0.3 is 10.6 Å². The van der Waals surface area contributed by atoms with Crippen LogP contribution in [-0.4, -0.2) is 25.8 Å². The molecule has 0 aromatic heterocycles. The number of amidine groups is 1. The summed E-state index contributed by atoms with van der Waals surface area (Å²) in [6.07, 6.45) is 0. The highest BCUT2D eigenvalue weighted by molar-refractivity contribution is 7.80. The topological polar surface area (TPSA) is 58.7 Å². The van der Waals surface area contributed by atoms with Gasteiger partial charge in [-0.15, -0.1) is 12.6 Å². The molecule has 0 saturated carbocycles. The van der Waals surface area contributed by atoms with Crippen LogP contribution in [0.3, 0.4) is 0 Å². The molecule has 21 heavy (non-hydrogen) atoms. The van der Waals surface area contributed by atoms with Gasteiger partial charge >= 0.3 is 0 Å². The van der Waals surface area contributed by atoms with E-state index < -0.39 is 0 Å². The Morgan fingerprint density at radius 1 is 1.10 bits per heavy atom. The summed E-state index contributed by atoms with van der Waals surface area (Å²) in [4.78, 5) is 18.8. The number of nitrogens with zero attached hydrogens (tertiary/aromatic N) is 2. The van der Waals surface area contributed by atoms with Crippen LogP contribution in [0, 0.1) is 0 Å². The van der Waals surface area contributed by atoms with Crippen molar-refractivity contribution < 1.29 is 4.79 Å². The Morgan fingerprint density at radius 2 is 1.76 bits per heavy atom. The van der Waals surface area contributed by atoms with Crippen molar-refractivity contribution in [3.8, 4) is 0 Å². The Bertz CT molecular complexity index is 695. The average molecular weight is 299 g/mol. The summed E-state index contributed by atoms with van der Waals surface area (Å²) in [5, 5.41) is 0. The first-order valence-electron chi connectivity index (χ1n) is 6.42. The molecule has 0 radical (unpaired) electrons. The molecule has 0 aliphatic heterocycles. The zero-order valence-electron chi connectivity index (χ0n) is 11.9. The zero-order chi connectivity index (χ0) is 15.4. The number of rotatable bonds is 3. The minimum Gasteiger partial charge on any atom is -0.383 e. The van der Waals surface area contributed by atoms with Crippen LogP contribution in [0.15, 0.2) is 58.4 Å². The largest absolute Gasteiger partial charge is 0.383 e. The number of benzene rings is 2. The van der Waals surface area contributed by atoms with Crippen LogP contribution in [0.4, 0.5) is 5.69 Å². The second-order valence-corrected chi connectivity index (χ2v) is 5.31. The molecule has 2 aromatic rings. The van der Waals surface area contributed by atoms with Crippen LogP contribution < -0.4 is 10.6 Å².